The van der Waals surface area contributed by atoms with Gasteiger partial charge in [0.15, 0.2) is 5.69 Å². The van der Waals surface area contributed by atoms with E-state index in [4.69, 9.17) is 10.8 Å². The molecule has 7 heteroatoms. The Morgan fingerprint density at radius 1 is 1.44 bits per heavy atom. The van der Waals surface area contributed by atoms with Crippen LogP contribution in [0.4, 0.5) is 0 Å². The largest absolute Gasteiger partial charge is 0.476 e. The summed E-state index contributed by atoms with van der Waals surface area (Å²) in [5.41, 5.74) is 5.63. The molecule has 1 rings (SSSR count). The van der Waals surface area contributed by atoms with E-state index in [0.29, 0.717) is 18.5 Å². The van der Waals surface area contributed by atoms with Gasteiger partial charge in [-0.3, -0.25) is 4.79 Å². The van der Waals surface area contributed by atoms with Gasteiger partial charge >= 0.3 is 5.97 Å². The van der Waals surface area contributed by atoms with Crippen molar-refractivity contribution in [2.45, 2.75) is 39.7 Å². The molecule has 0 aliphatic carbocycles. The maximum absolute atomic E-state index is 11.3. The van der Waals surface area contributed by atoms with Crippen LogP contribution in [0.2, 0.25) is 0 Å². The van der Waals surface area contributed by atoms with Crippen LogP contribution in [0.25, 0.3) is 0 Å². The molecule has 1 amide bonds. The Morgan fingerprint density at radius 2 is 2.06 bits per heavy atom. The summed E-state index contributed by atoms with van der Waals surface area (Å²) in [6, 6.07) is -0.653. The van der Waals surface area contributed by atoms with Crippen LogP contribution in [-0.2, 0) is 11.2 Å². The molecule has 0 aromatic carbocycles. The summed E-state index contributed by atoms with van der Waals surface area (Å²) in [7, 11) is 0. The Bertz CT molecular complexity index is 453. The van der Waals surface area contributed by atoms with Gasteiger partial charge in [0.2, 0.25) is 5.91 Å². The van der Waals surface area contributed by atoms with Crippen molar-refractivity contribution in [2.24, 2.45) is 11.7 Å². The summed E-state index contributed by atoms with van der Waals surface area (Å²) >= 11 is 0. The fourth-order valence-corrected chi connectivity index (χ4v) is 1.80. The van der Waals surface area contributed by atoms with Crippen LogP contribution in [0.3, 0.4) is 0 Å². The van der Waals surface area contributed by atoms with E-state index in [1.807, 2.05) is 13.8 Å². The van der Waals surface area contributed by atoms with E-state index in [1.165, 1.54) is 4.68 Å². The molecule has 0 spiro atoms. The number of carbonyl (C=O) groups excluding carboxylic acids is 1. The first-order chi connectivity index (χ1) is 8.38. The Morgan fingerprint density at radius 3 is 2.44 bits per heavy atom. The molecule has 1 unspecified atom stereocenters. The Balaban J connectivity index is 3.26. The topological polar surface area (TPSA) is 111 Å². The average molecular weight is 254 g/mol. The molecular formula is C11H18N4O3. The minimum Gasteiger partial charge on any atom is -0.476 e. The highest BCUT2D eigenvalue weighted by Gasteiger charge is 2.26. The molecule has 1 aromatic heterocycles. The van der Waals surface area contributed by atoms with Gasteiger partial charge in [0, 0.05) is 0 Å². The van der Waals surface area contributed by atoms with Crippen molar-refractivity contribution in [3.63, 3.8) is 0 Å². The maximum Gasteiger partial charge on any atom is 0.358 e. The van der Waals surface area contributed by atoms with Gasteiger partial charge in [-0.15, -0.1) is 5.10 Å². The lowest BCUT2D eigenvalue weighted by molar-refractivity contribution is -0.121. The van der Waals surface area contributed by atoms with Crippen molar-refractivity contribution in [2.75, 3.05) is 0 Å². The number of aromatic nitrogens is 3. The van der Waals surface area contributed by atoms with Crippen molar-refractivity contribution in [1.82, 2.24) is 15.0 Å². The van der Waals surface area contributed by atoms with Crippen molar-refractivity contribution in [3.05, 3.63) is 11.4 Å². The third kappa shape index (κ3) is 2.85. The molecule has 0 saturated heterocycles. The smallest absolute Gasteiger partial charge is 0.358 e. The predicted molar refractivity (Wildman–Crippen MR) is 64.0 cm³/mol. The van der Waals surface area contributed by atoms with Crippen LogP contribution in [-0.4, -0.2) is 32.0 Å². The number of carbonyl (C=O) groups is 2. The van der Waals surface area contributed by atoms with Crippen LogP contribution in [0.5, 0.6) is 0 Å². The summed E-state index contributed by atoms with van der Waals surface area (Å²) in [6.45, 7) is 5.69. The number of primary amides is 1. The fraction of sp³-hybridized carbons (Fsp3) is 0.636. The van der Waals surface area contributed by atoms with Gasteiger partial charge in [-0.05, 0) is 18.8 Å². The molecule has 7 nitrogen and oxygen atoms in total. The minimum absolute atomic E-state index is 0.108. The summed E-state index contributed by atoms with van der Waals surface area (Å²) < 4.78 is 1.34. The first-order valence-electron chi connectivity index (χ1n) is 5.85. The van der Waals surface area contributed by atoms with Crippen LogP contribution in [0.1, 0.15) is 49.4 Å². The monoisotopic (exact) mass is 254 g/mol. The number of nitrogens with zero attached hydrogens (tertiary/aromatic N) is 3. The first kappa shape index (κ1) is 14.1. The second-order valence-corrected chi connectivity index (χ2v) is 4.56. The van der Waals surface area contributed by atoms with Gasteiger partial charge in [0.05, 0.1) is 5.69 Å². The average Bonchev–Trinajstić information content (AvgIpc) is 2.62. The van der Waals surface area contributed by atoms with Crippen molar-refractivity contribution in [1.29, 1.82) is 0 Å². The molecule has 0 saturated carbocycles. The van der Waals surface area contributed by atoms with E-state index in [1.54, 1.807) is 6.92 Å². The molecule has 0 fully saturated rings. The Kier molecular flexibility index (Phi) is 4.41. The molecule has 100 valence electrons. The van der Waals surface area contributed by atoms with E-state index in [9.17, 15) is 9.59 Å². The number of hydrogen-bond donors (Lipinski definition) is 2. The SMILES string of the molecule is CCC(C(N)=O)n1nnc(C(=O)O)c1CC(C)C. The lowest BCUT2D eigenvalue weighted by atomic mass is 10.1. The van der Waals surface area contributed by atoms with E-state index >= 15 is 0 Å². The number of amides is 1. The number of rotatable bonds is 6. The maximum atomic E-state index is 11.3. The molecule has 3 N–H and O–H groups in total. The van der Waals surface area contributed by atoms with Gasteiger partial charge < -0.3 is 10.8 Å². The van der Waals surface area contributed by atoms with Gasteiger partial charge in [0.25, 0.3) is 0 Å². The molecule has 1 atom stereocenters. The van der Waals surface area contributed by atoms with Crippen molar-refractivity contribution < 1.29 is 14.7 Å². The molecule has 0 aliphatic heterocycles. The second kappa shape index (κ2) is 5.61. The zero-order chi connectivity index (χ0) is 13.9. The zero-order valence-electron chi connectivity index (χ0n) is 10.8. The molecule has 18 heavy (non-hydrogen) atoms. The third-order valence-corrected chi connectivity index (χ3v) is 2.61. The summed E-state index contributed by atoms with van der Waals surface area (Å²) in [5.74, 6) is -1.45. The normalized spacial score (nSPS) is 12.7. The van der Waals surface area contributed by atoms with Gasteiger partial charge in [0.1, 0.15) is 6.04 Å². The molecule has 1 heterocycles. The lowest BCUT2D eigenvalue weighted by Crippen LogP contribution is -2.28. The number of aromatic carboxylic acids is 1. The van der Waals surface area contributed by atoms with Crippen LogP contribution >= 0.6 is 0 Å². The van der Waals surface area contributed by atoms with Crippen LogP contribution in [0, 0.1) is 5.92 Å². The summed E-state index contributed by atoms with van der Waals surface area (Å²) in [4.78, 5) is 22.4. The standard InChI is InChI=1S/C11H18N4O3/c1-4-7(10(12)16)15-8(5-6(2)3)9(11(17)18)13-14-15/h6-7H,4-5H2,1-3H3,(H2,12,16)(H,17,18). The van der Waals surface area contributed by atoms with Crippen molar-refractivity contribution in [3.8, 4) is 0 Å². The highest BCUT2D eigenvalue weighted by Crippen LogP contribution is 2.18. The van der Waals surface area contributed by atoms with E-state index in [0.717, 1.165) is 0 Å². The first-order valence-corrected chi connectivity index (χ1v) is 5.85. The highest BCUT2D eigenvalue weighted by atomic mass is 16.4. The van der Waals surface area contributed by atoms with Gasteiger partial charge in [-0.25, -0.2) is 9.48 Å². The number of carboxylic acids is 1. The Labute approximate surface area is 105 Å². The zero-order valence-corrected chi connectivity index (χ0v) is 10.8. The number of carboxylic acid groups (broad SMARTS) is 1. The van der Waals surface area contributed by atoms with Gasteiger partial charge in [-0.2, -0.15) is 0 Å². The van der Waals surface area contributed by atoms with E-state index in [2.05, 4.69) is 10.3 Å². The quantitative estimate of drug-likeness (QED) is 0.772. The molecule has 0 radical (unpaired) electrons. The molecule has 0 bridgehead atoms. The Hall–Kier alpha value is -1.92. The lowest BCUT2D eigenvalue weighted by Gasteiger charge is -2.15. The second-order valence-electron chi connectivity index (χ2n) is 4.56. The van der Waals surface area contributed by atoms with Gasteiger partial charge in [-0.1, -0.05) is 26.0 Å². The van der Waals surface area contributed by atoms with E-state index < -0.39 is 17.9 Å². The van der Waals surface area contributed by atoms with Crippen LogP contribution < -0.4 is 5.73 Å². The minimum atomic E-state index is -1.14. The third-order valence-electron chi connectivity index (χ3n) is 2.61. The predicted octanol–water partition coefficient (Wildman–Crippen LogP) is 0.611. The molecule has 0 aliphatic rings. The summed E-state index contributed by atoms with van der Waals surface area (Å²) in [5, 5.41) is 16.4. The highest BCUT2D eigenvalue weighted by molar-refractivity contribution is 5.86. The number of nitrogens with two attached hydrogens (primary N) is 1. The van der Waals surface area contributed by atoms with E-state index in [-0.39, 0.29) is 11.6 Å². The summed E-state index contributed by atoms with van der Waals surface area (Å²) in [6.07, 6.45) is 0.932. The molecule has 1 aromatic rings. The molecular weight excluding hydrogens is 236 g/mol. The van der Waals surface area contributed by atoms with Crippen molar-refractivity contribution >= 4 is 11.9 Å². The fourth-order valence-electron chi connectivity index (χ4n) is 1.80. The number of hydrogen-bond acceptors (Lipinski definition) is 4. The van der Waals surface area contributed by atoms with Crippen LogP contribution in [0.15, 0.2) is 0 Å².